The van der Waals surface area contributed by atoms with Crippen LogP contribution in [0.15, 0.2) is 48.5 Å². The van der Waals surface area contributed by atoms with E-state index >= 15 is 0 Å². The van der Waals surface area contributed by atoms with Crippen molar-refractivity contribution < 1.29 is 61.6 Å². The lowest BCUT2D eigenvalue weighted by Crippen LogP contribution is -2.29. The van der Waals surface area contributed by atoms with Gasteiger partial charge in [0.15, 0.2) is 0 Å². The zero-order valence-electron chi connectivity index (χ0n) is 32.2. The molecule has 0 aliphatic heterocycles. The third-order valence-electron chi connectivity index (χ3n) is 7.84. The average molecular weight is 803 g/mol. The van der Waals surface area contributed by atoms with Crippen LogP contribution in [0.5, 0.6) is 0 Å². The molecule has 3 rings (SSSR count). The molecule has 0 saturated heterocycles. The molecule has 1 aliphatic carbocycles. The molecule has 1 amide bonds. The second kappa shape index (κ2) is 34.7. The Bertz CT molecular complexity index is 1160. The van der Waals surface area contributed by atoms with E-state index in [2.05, 4.69) is 29.6 Å². The largest absolute Gasteiger partial charge is 0.449 e. The van der Waals surface area contributed by atoms with Crippen molar-refractivity contribution in [2.75, 3.05) is 165 Å². The van der Waals surface area contributed by atoms with Gasteiger partial charge in [-0.2, -0.15) is 0 Å². The van der Waals surface area contributed by atoms with Gasteiger partial charge >= 0.3 is 6.09 Å². The van der Waals surface area contributed by atoms with Crippen LogP contribution in [0.1, 0.15) is 17.0 Å². The lowest BCUT2D eigenvalue weighted by atomic mass is 9.98. The Hall–Kier alpha value is -2.48. The minimum absolute atomic E-state index is 0. The molecule has 15 nitrogen and oxygen atoms in total. The fourth-order valence-corrected chi connectivity index (χ4v) is 5.26. The van der Waals surface area contributed by atoms with Crippen molar-refractivity contribution in [3.8, 4) is 11.1 Å². The molecule has 0 spiro atoms. The van der Waals surface area contributed by atoms with Crippen molar-refractivity contribution in [3.63, 3.8) is 0 Å². The van der Waals surface area contributed by atoms with Gasteiger partial charge in [0.1, 0.15) is 6.61 Å². The SMILES string of the molecule is Cl.NCCOCCOCCOCCOCCOCCOCCOCCOCCOCCOCCOCCNC(=O)OCC1c2ccccc2-c2ccccc21. The monoisotopic (exact) mass is 802 g/mol. The fraction of sp³-hybridized carbons (Fsp3) is 0.667. The van der Waals surface area contributed by atoms with E-state index in [4.69, 9.17) is 62.6 Å². The molecule has 314 valence electrons. The van der Waals surface area contributed by atoms with E-state index in [0.29, 0.717) is 158 Å². The number of carbonyl (C=O) groups excluding carboxylic acids is 1. The molecule has 2 aromatic rings. The van der Waals surface area contributed by atoms with E-state index in [1.54, 1.807) is 0 Å². The first-order chi connectivity index (χ1) is 26.8. The normalized spacial score (nSPS) is 12.0. The van der Waals surface area contributed by atoms with Crippen LogP contribution in [0.2, 0.25) is 0 Å². The summed E-state index contributed by atoms with van der Waals surface area (Å²) in [7, 11) is 0. The highest BCUT2D eigenvalue weighted by atomic mass is 35.5. The number of hydrogen-bond acceptors (Lipinski definition) is 14. The fourth-order valence-electron chi connectivity index (χ4n) is 5.26. The molecule has 0 fully saturated rings. The summed E-state index contributed by atoms with van der Waals surface area (Å²) in [6.07, 6.45) is -0.453. The zero-order valence-corrected chi connectivity index (χ0v) is 33.0. The Balaban J connectivity index is 0.0000105. The van der Waals surface area contributed by atoms with Crippen molar-refractivity contribution >= 4 is 18.5 Å². The molecule has 1 aliphatic rings. The van der Waals surface area contributed by atoms with Crippen molar-refractivity contribution in [1.29, 1.82) is 0 Å². The summed E-state index contributed by atoms with van der Waals surface area (Å²) in [5.41, 5.74) is 10.1. The third-order valence-corrected chi connectivity index (χ3v) is 7.84. The molecule has 0 aromatic heterocycles. The van der Waals surface area contributed by atoms with Crippen molar-refractivity contribution in [1.82, 2.24) is 5.32 Å². The van der Waals surface area contributed by atoms with E-state index in [1.807, 2.05) is 24.3 Å². The number of rotatable bonds is 37. The lowest BCUT2D eigenvalue weighted by Gasteiger charge is -2.14. The summed E-state index contributed by atoms with van der Waals surface area (Å²) >= 11 is 0. The number of hydrogen-bond donors (Lipinski definition) is 2. The van der Waals surface area contributed by atoms with Gasteiger partial charge in [-0.05, 0) is 22.3 Å². The Labute approximate surface area is 332 Å². The first-order valence-corrected chi connectivity index (χ1v) is 18.9. The molecule has 55 heavy (non-hydrogen) atoms. The highest BCUT2D eigenvalue weighted by Gasteiger charge is 2.28. The predicted octanol–water partition coefficient (Wildman–Crippen LogP) is 3.09. The van der Waals surface area contributed by atoms with Crippen LogP contribution in [0, 0.1) is 0 Å². The second-order valence-corrected chi connectivity index (χ2v) is 11.8. The van der Waals surface area contributed by atoms with Gasteiger partial charge < -0.3 is 67.9 Å². The number of fused-ring (bicyclic) bond motifs is 3. The maximum Gasteiger partial charge on any atom is 0.407 e. The van der Waals surface area contributed by atoms with Crippen LogP contribution >= 0.6 is 12.4 Å². The molecule has 0 bridgehead atoms. The molecular formula is C39H63ClN2O13. The first kappa shape index (κ1) is 48.7. The van der Waals surface area contributed by atoms with Crippen LogP contribution in [0.4, 0.5) is 4.79 Å². The Kier molecular flexibility index (Phi) is 30.7. The number of halogens is 1. The van der Waals surface area contributed by atoms with E-state index in [1.165, 1.54) is 22.3 Å². The summed E-state index contributed by atoms with van der Waals surface area (Å²) in [5, 5.41) is 2.74. The van der Waals surface area contributed by atoms with Gasteiger partial charge in [0.2, 0.25) is 0 Å². The van der Waals surface area contributed by atoms with Crippen molar-refractivity contribution in [2.24, 2.45) is 5.73 Å². The topological polar surface area (TPSA) is 166 Å². The number of alkyl carbamates (subject to hydrolysis) is 1. The van der Waals surface area contributed by atoms with Gasteiger partial charge in [-0.25, -0.2) is 4.79 Å². The van der Waals surface area contributed by atoms with Crippen LogP contribution < -0.4 is 11.1 Å². The number of carbonyl (C=O) groups is 1. The zero-order chi connectivity index (χ0) is 38.0. The van der Waals surface area contributed by atoms with Crippen molar-refractivity contribution in [3.05, 3.63) is 59.7 Å². The van der Waals surface area contributed by atoms with E-state index in [-0.39, 0.29) is 24.9 Å². The molecule has 0 unspecified atom stereocenters. The van der Waals surface area contributed by atoms with Crippen LogP contribution in [-0.4, -0.2) is 171 Å². The molecule has 0 heterocycles. The third kappa shape index (κ3) is 23.4. The maximum absolute atomic E-state index is 12.2. The molecule has 3 N–H and O–H groups in total. The highest BCUT2D eigenvalue weighted by molar-refractivity contribution is 5.85. The number of benzene rings is 2. The lowest BCUT2D eigenvalue weighted by molar-refractivity contribution is -0.0274. The molecule has 0 saturated carbocycles. The summed E-state index contributed by atoms with van der Waals surface area (Å²) < 4.78 is 65.5. The van der Waals surface area contributed by atoms with Crippen LogP contribution in [0.3, 0.4) is 0 Å². The van der Waals surface area contributed by atoms with Gasteiger partial charge in [-0.3, -0.25) is 0 Å². The van der Waals surface area contributed by atoms with Gasteiger partial charge in [-0.1, -0.05) is 48.5 Å². The molecule has 16 heteroatoms. The standard InChI is InChI=1S/C39H62N2O13.ClH/c40-9-11-43-13-15-45-17-19-47-21-23-49-25-27-51-29-31-53-32-30-52-28-26-50-24-22-48-20-18-46-16-14-44-12-10-41-39(42)54-33-38-36-7-3-1-5-34(36)35-6-2-4-8-37(35)38;/h1-8,38H,9-33,40H2,(H,41,42);1H. The highest BCUT2D eigenvalue weighted by Crippen LogP contribution is 2.44. The number of amides is 1. The Morgan fingerprint density at radius 3 is 1.07 bits per heavy atom. The summed E-state index contributed by atoms with van der Waals surface area (Å²) in [5.74, 6) is 0.0362. The molecule has 2 aromatic carbocycles. The van der Waals surface area contributed by atoms with Gasteiger partial charge in [0, 0.05) is 19.0 Å². The summed E-state index contributed by atoms with van der Waals surface area (Å²) in [4.78, 5) is 12.2. The number of ether oxygens (including phenoxy) is 12. The van der Waals surface area contributed by atoms with Crippen LogP contribution in [0.25, 0.3) is 11.1 Å². The molecule has 0 radical (unpaired) electrons. The predicted molar refractivity (Wildman–Crippen MR) is 208 cm³/mol. The summed E-state index contributed by atoms with van der Waals surface area (Å²) in [6, 6.07) is 16.5. The van der Waals surface area contributed by atoms with E-state index in [9.17, 15) is 4.79 Å². The van der Waals surface area contributed by atoms with Gasteiger partial charge in [0.05, 0.1) is 145 Å². The average Bonchev–Trinajstić information content (AvgIpc) is 3.52. The van der Waals surface area contributed by atoms with E-state index < -0.39 is 6.09 Å². The summed E-state index contributed by atoms with van der Waals surface area (Å²) in [6.45, 7) is 12.0. The number of nitrogens with two attached hydrogens (primary N) is 1. The second-order valence-electron chi connectivity index (χ2n) is 11.8. The van der Waals surface area contributed by atoms with E-state index in [0.717, 1.165) is 0 Å². The Morgan fingerprint density at radius 1 is 0.455 bits per heavy atom. The molecule has 0 atom stereocenters. The van der Waals surface area contributed by atoms with Gasteiger partial charge in [-0.15, -0.1) is 12.4 Å². The minimum atomic E-state index is -0.453. The number of nitrogens with one attached hydrogen (secondary N) is 1. The van der Waals surface area contributed by atoms with Crippen molar-refractivity contribution in [2.45, 2.75) is 5.92 Å². The minimum Gasteiger partial charge on any atom is -0.449 e. The molecular weight excluding hydrogens is 740 g/mol. The smallest absolute Gasteiger partial charge is 0.407 e. The van der Waals surface area contributed by atoms with Crippen LogP contribution in [-0.2, 0) is 56.8 Å². The Morgan fingerprint density at radius 2 is 0.745 bits per heavy atom. The quantitative estimate of drug-likeness (QED) is 0.0958. The maximum atomic E-state index is 12.2. The first-order valence-electron chi connectivity index (χ1n) is 18.9. The van der Waals surface area contributed by atoms with Gasteiger partial charge in [0.25, 0.3) is 0 Å².